The number of aromatic nitrogens is 5. The van der Waals surface area contributed by atoms with Crippen LogP contribution in [0.4, 0.5) is 0 Å². The maximum absolute atomic E-state index is 12.3. The van der Waals surface area contributed by atoms with Gasteiger partial charge in [-0.1, -0.05) is 18.2 Å². The van der Waals surface area contributed by atoms with E-state index in [-0.39, 0.29) is 11.6 Å². The molecule has 0 fully saturated rings. The smallest absolute Gasteiger partial charge is 0.358 e. The first kappa shape index (κ1) is 17.0. The van der Waals surface area contributed by atoms with E-state index in [1.54, 1.807) is 30.8 Å². The molecule has 0 spiro atoms. The Balaban J connectivity index is 1.46. The van der Waals surface area contributed by atoms with E-state index in [2.05, 4.69) is 25.1 Å². The van der Waals surface area contributed by atoms with Gasteiger partial charge >= 0.3 is 5.97 Å². The average molecular weight is 379 g/mol. The Labute approximate surface area is 157 Å². The maximum Gasteiger partial charge on any atom is 0.358 e. The number of ether oxygens (including phenoxy) is 1. The quantitative estimate of drug-likeness (QED) is 0.485. The molecule has 27 heavy (non-hydrogen) atoms. The summed E-state index contributed by atoms with van der Waals surface area (Å²) in [6.45, 7) is 1.66. The minimum Gasteiger partial charge on any atom is -0.448 e. The highest BCUT2D eigenvalue weighted by molar-refractivity contribution is 7.13. The Morgan fingerprint density at radius 1 is 1.11 bits per heavy atom. The van der Waals surface area contributed by atoms with E-state index in [1.807, 2.05) is 30.3 Å². The van der Waals surface area contributed by atoms with Gasteiger partial charge in [0.05, 0.1) is 0 Å². The van der Waals surface area contributed by atoms with Crippen molar-refractivity contribution in [3.05, 3.63) is 65.8 Å². The van der Waals surface area contributed by atoms with Gasteiger partial charge in [0, 0.05) is 23.3 Å². The largest absolute Gasteiger partial charge is 0.448 e. The van der Waals surface area contributed by atoms with Crippen LogP contribution < -0.4 is 0 Å². The Hall–Kier alpha value is -3.46. The van der Waals surface area contributed by atoms with E-state index in [0.29, 0.717) is 16.7 Å². The van der Waals surface area contributed by atoms with Crippen LogP contribution in [0.3, 0.4) is 0 Å². The zero-order chi connectivity index (χ0) is 18.6. The Morgan fingerprint density at radius 2 is 1.89 bits per heavy atom. The average Bonchev–Trinajstić information content (AvgIpc) is 3.39. The molecule has 1 aromatic carbocycles. The molecule has 9 heteroatoms. The van der Waals surface area contributed by atoms with E-state index in [9.17, 15) is 4.79 Å². The summed E-state index contributed by atoms with van der Waals surface area (Å²) in [4.78, 5) is 24.8. The fourth-order valence-corrected chi connectivity index (χ4v) is 2.98. The van der Waals surface area contributed by atoms with Crippen LogP contribution in [0.2, 0.25) is 0 Å². The molecule has 3 aromatic heterocycles. The third-order valence-corrected chi connectivity index (χ3v) is 4.40. The third-order valence-electron chi connectivity index (χ3n) is 3.56. The second-order valence-corrected chi connectivity index (χ2v) is 6.33. The number of benzene rings is 1. The van der Waals surface area contributed by atoms with Crippen molar-refractivity contribution in [1.29, 1.82) is 0 Å². The van der Waals surface area contributed by atoms with Crippen LogP contribution in [0, 0.1) is 0 Å². The molecular weight excluding hydrogens is 366 g/mol. The molecule has 8 nitrogen and oxygen atoms in total. The number of hydrogen-bond donors (Lipinski definition) is 0. The summed E-state index contributed by atoms with van der Waals surface area (Å²) in [6.07, 6.45) is 2.52. The Bertz CT molecular complexity index is 1050. The first-order chi connectivity index (χ1) is 13.2. The van der Waals surface area contributed by atoms with E-state index in [4.69, 9.17) is 9.15 Å². The molecule has 0 N–H and O–H groups in total. The summed E-state index contributed by atoms with van der Waals surface area (Å²) in [6, 6.07) is 11.1. The minimum atomic E-state index is -0.708. The van der Waals surface area contributed by atoms with Crippen LogP contribution in [0.25, 0.3) is 22.3 Å². The second-order valence-electron chi connectivity index (χ2n) is 5.47. The van der Waals surface area contributed by atoms with Crippen molar-refractivity contribution in [2.75, 3.05) is 0 Å². The van der Waals surface area contributed by atoms with Gasteiger partial charge in [0.15, 0.2) is 22.6 Å². The highest BCUT2D eigenvalue weighted by atomic mass is 32.1. The van der Waals surface area contributed by atoms with Crippen LogP contribution in [-0.2, 0) is 4.74 Å². The predicted octanol–water partition coefficient (Wildman–Crippen LogP) is 3.57. The van der Waals surface area contributed by atoms with E-state index >= 15 is 0 Å². The van der Waals surface area contributed by atoms with E-state index in [0.717, 1.165) is 5.56 Å². The van der Waals surface area contributed by atoms with Gasteiger partial charge in [0.1, 0.15) is 0 Å². The molecule has 0 bridgehead atoms. The lowest BCUT2D eigenvalue weighted by Crippen LogP contribution is -2.10. The SMILES string of the molecule is CC(OC(=O)c1csc(-c2ncccn2)n1)c1nnc(-c2ccccc2)o1. The molecule has 1 unspecified atom stereocenters. The number of carbonyl (C=O) groups excluding carboxylic acids is 1. The molecule has 0 aliphatic rings. The zero-order valence-electron chi connectivity index (χ0n) is 14.1. The van der Waals surface area contributed by atoms with Gasteiger partial charge in [-0.15, -0.1) is 21.5 Å². The second kappa shape index (κ2) is 7.42. The summed E-state index contributed by atoms with van der Waals surface area (Å²) in [7, 11) is 0. The van der Waals surface area contributed by atoms with Crippen LogP contribution in [-0.4, -0.2) is 31.1 Å². The summed E-state index contributed by atoms with van der Waals surface area (Å²) in [5.74, 6) is 0.453. The Kier molecular flexibility index (Phi) is 4.67. The van der Waals surface area contributed by atoms with Crippen LogP contribution in [0.5, 0.6) is 0 Å². The monoisotopic (exact) mass is 379 g/mol. The fourth-order valence-electron chi connectivity index (χ4n) is 2.25. The van der Waals surface area contributed by atoms with Crippen LogP contribution in [0.1, 0.15) is 29.4 Å². The summed E-state index contributed by atoms with van der Waals surface area (Å²) in [5.41, 5.74) is 0.971. The highest BCUT2D eigenvalue weighted by Gasteiger charge is 2.22. The number of carbonyl (C=O) groups is 1. The molecule has 3 heterocycles. The van der Waals surface area contributed by atoms with Gasteiger partial charge < -0.3 is 9.15 Å². The number of nitrogens with zero attached hydrogens (tertiary/aromatic N) is 5. The van der Waals surface area contributed by atoms with Crippen molar-refractivity contribution in [3.8, 4) is 22.3 Å². The summed E-state index contributed by atoms with van der Waals surface area (Å²) >= 11 is 1.27. The van der Waals surface area contributed by atoms with Crippen molar-refractivity contribution in [1.82, 2.24) is 25.1 Å². The van der Waals surface area contributed by atoms with Gasteiger partial charge in [0.2, 0.25) is 5.89 Å². The first-order valence-corrected chi connectivity index (χ1v) is 8.91. The molecule has 0 saturated carbocycles. The fraction of sp³-hybridized carbons (Fsp3) is 0.111. The number of hydrogen-bond acceptors (Lipinski definition) is 9. The predicted molar refractivity (Wildman–Crippen MR) is 96.7 cm³/mol. The van der Waals surface area contributed by atoms with Crippen molar-refractivity contribution in [2.45, 2.75) is 13.0 Å². The van der Waals surface area contributed by atoms with Gasteiger partial charge in [-0.3, -0.25) is 0 Å². The molecule has 0 aliphatic heterocycles. The van der Waals surface area contributed by atoms with Gasteiger partial charge in [-0.25, -0.2) is 19.7 Å². The Morgan fingerprint density at radius 3 is 2.67 bits per heavy atom. The number of esters is 1. The van der Waals surface area contributed by atoms with Gasteiger partial charge in [-0.2, -0.15) is 0 Å². The van der Waals surface area contributed by atoms with Crippen molar-refractivity contribution in [3.63, 3.8) is 0 Å². The topological polar surface area (TPSA) is 104 Å². The van der Waals surface area contributed by atoms with Gasteiger partial charge in [0.25, 0.3) is 5.89 Å². The molecule has 0 amide bonds. The lowest BCUT2D eigenvalue weighted by molar-refractivity contribution is 0.0274. The number of thiazole rings is 1. The normalized spacial score (nSPS) is 11.9. The summed E-state index contributed by atoms with van der Waals surface area (Å²) in [5, 5.41) is 10.1. The molecule has 1 atom stereocenters. The van der Waals surface area contributed by atoms with Crippen molar-refractivity contribution < 1.29 is 13.9 Å². The molecular formula is C18H13N5O3S. The van der Waals surface area contributed by atoms with Crippen LogP contribution >= 0.6 is 11.3 Å². The molecule has 134 valence electrons. The minimum absolute atomic E-state index is 0.178. The molecule has 4 rings (SSSR count). The zero-order valence-corrected chi connectivity index (χ0v) is 15.0. The lowest BCUT2D eigenvalue weighted by atomic mass is 10.2. The third kappa shape index (κ3) is 3.72. The molecule has 0 aliphatic carbocycles. The highest BCUT2D eigenvalue weighted by Crippen LogP contribution is 2.24. The van der Waals surface area contributed by atoms with E-state index < -0.39 is 12.1 Å². The summed E-state index contributed by atoms with van der Waals surface area (Å²) < 4.78 is 11.0. The number of rotatable bonds is 5. The standard InChI is InChI=1S/C18H13N5O3S/c1-11(15-22-23-16(26-15)12-6-3-2-4-7-12)25-18(24)13-10-27-17(21-13)14-19-8-5-9-20-14/h2-11H,1H3. The van der Waals surface area contributed by atoms with Crippen molar-refractivity contribution >= 4 is 17.3 Å². The maximum atomic E-state index is 12.3. The molecule has 0 radical (unpaired) electrons. The molecule has 0 saturated heterocycles. The molecule has 4 aromatic rings. The first-order valence-electron chi connectivity index (χ1n) is 8.03. The lowest BCUT2D eigenvalue weighted by Gasteiger charge is -2.07. The van der Waals surface area contributed by atoms with E-state index in [1.165, 1.54) is 11.3 Å². The van der Waals surface area contributed by atoms with Gasteiger partial charge in [-0.05, 0) is 25.1 Å². The van der Waals surface area contributed by atoms with Crippen molar-refractivity contribution in [2.24, 2.45) is 0 Å². The van der Waals surface area contributed by atoms with Crippen LogP contribution in [0.15, 0.2) is 58.6 Å².